The van der Waals surface area contributed by atoms with Crippen molar-refractivity contribution < 1.29 is 9.50 Å². The molecule has 5 N–H and O–H groups in total. The topological polar surface area (TPSA) is 84.6 Å². The number of fused-ring (bicyclic) bond motifs is 1. The molecule has 1 aromatic rings. The Morgan fingerprint density at radius 1 is 1.42 bits per heavy atom. The van der Waals surface area contributed by atoms with Gasteiger partial charge in [-0.1, -0.05) is 11.8 Å². The summed E-state index contributed by atoms with van der Waals surface area (Å²) in [4.78, 5) is 4.50. The second-order valence-electron chi connectivity index (χ2n) is 5.22. The molecule has 102 valence electrons. The lowest BCUT2D eigenvalue weighted by molar-refractivity contribution is 0.173. The van der Waals surface area contributed by atoms with Gasteiger partial charge < -0.3 is 16.6 Å². The number of hydrogen-bond donors (Lipinski definition) is 3. The molecule has 19 heavy (non-hydrogen) atoms. The van der Waals surface area contributed by atoms with Crippen LogP contribution in [-0.2, 0) is 5.54 Å². The van der Waals surface area contributed by atoms with Crippen molar-refractivity contribution in [1.29, 1.82) is 0 Å². The van der Waals surface area contributed by atoms with Gasteiger partial charge in [0.1, 0.15) is 5.82 Å². The first kappa shape index (κ1) is 12.7. The van der Waals surface area contributed by atoms with Crippen LogP contribution in [0, 0.1) is 11.7 Å². The maximum Gasteiger partial charge on any atom is 0.154 e. The van der Waals surface area contributed by atoms with Crippen molar-refractivity contribution in [1.82, 2.24) is 0 Å². The Bertz CT molecular complexity index is 551. The van der Waals surface area contributed by atoms with Gasteiger partial charge in [-0.3, -0.25) is 4.99 Å². The van der Waals surface area contributed by atoms with Gasteiger partial charge in [0.15, 0.2) is 5.17 Å². The molecule has 0 spiro atoms. The van der Waals surface area contributed by atoms with Crippen LogP contribution >= 0.6 is 11.8 Å². The van der Waals surface area contributed by atoms with E-state index in [1.54, 1.807) is 6.07 Å². The van der Waals surface area contributed by atoms with Gasteiger partial charge in [0.2, 0.25) is 0 Å². The maximum atomic E-state index is 14.2. The Kier molecular flexibility index (Phi) is 2.94. The van der Waals surface area contributed by atoms with Crippen LogP contribution in [-0.4, -0.2) is 22.1 Å². The van der Waals surface area contributed by atoms with Gasteiger partial charge in [0, 0.05) is 29.3 Å². The van der Waals surface area contributed by atoms with Gasteiger partial charge in [0.25, 0.3) is 0 Å². The number of thioether (sulfide) groups is 1. The summed E-state index contributed by atoms with van der Waals surface area (Å²) in [6, 6.07) is 4.50. The van der Waals surface area contributed by atoms with Crippen LogP contribution in [0.5, 0.6) is 0 Å². The molecule has 1 aliphatic carbocycles. The SMILES string of the molecule is NC1=N[C@]2(c3cc(N)ccc3F)C[C@H](O)CC2CS1. The summed E-state index contributed by atoms with van der Waals surface area (Å²) in [7, 11) is 0. The highest BCUT2D eigenvalue weighted by molar-refractivity contribution is 8.13. The average Bonchev–Trinajstić information content (AvgIpc) is 2.68. The van der Waals surface area contributed by atoms with E-state index in [4.69, 9.17) is 11.5 Å². The number of aliphatic hydroxyl groups is 1. The first-order chi connectivity index (χ1) is 9.01. The molecule has 4 nitrogen and oxygen atoms in total. The first-order valence-electron chi connectivity index (χ1n) is 6.23. The highest BCUT2D eigenvalue weighted by Gasteiger charge is 2.51. The van der Waals surface area contributed by atoms with Crippen molar-refractivity contribution in [3.8, 4) is 0 Å². The summed E-state index contributed by atoms with van der Waals surface area (Å²) < 4.78 is 14.2. The molecule has 3 atom stereocenters. The number of aliphatic hydroxyl groups excluding tert-OH is 1. The van der Waals surface area contributed by atoms with Gasteiger partial charge >= 0.3 is 0 Å². The van der Waals surface area contributed by atoms with E-state index in [1.807, 2.05) is 0 Å². The highest BCUT2D eigenvalue weighted by atomic mass is 32.2. The number of halogens is 1. The predicted molar refractivity (Wildman–Crippen MR) is 75.3 cm³/mol. The van der Waals surface area contributed by atoms with Crippen LogP contribution in [0.2, 0.25) is 0 Å². The zero-order valence-electron chi connectivity index (χ0n) is 10.3. The quantitative estimate of drug-likeness (QED) is 0.680. The van der Waals surface area contributed by atoms with E-state index in [0.29, 0.717) is 29.3 Å². The Morgan fingerprint density at radius 3 is 3.00 bits per heavy atom. The molecule has 1 aliphatic heterocycles. The van der Waals surface area contributed by atoms with Crippen molar-refractivity contribution in [2.24, 2.45) is 16.6 Å². The van der Waals surface area contributed by atoms with E-state index in [9.17, 15) is 9.50 Å². The van der Waals surface area contributed by atoms with Crippen molar-refractivity contribution in [2.75, 3.05) is 11.5 Å². The smallest absolute Gasteiger partial charge is 0.154 e. The molecule has 1 saturated carbocycles. The number of anilines is 1. The number of rotatable bonds is 1. The number of hydrogen-bond acceptors (Lipinski definition) is 5. The summed E-state index contributed by atoms with van der Waals surface area (Å²) in [5.41, 5.74) is 11.8. The minimum atomic E-state index is -0.756. The second-order valence-corrected chi connectivity index (χ2v) is 6.26. The number of nitrogen functional groups attached to an aromatic ring is 1. The largest absolute Gasteiger partial charge is 0.399 e. The molecule has 1 aromatic carbocycles. The fourth-order valence-electron chi connectivity index (χ4n) is 3.16. The number of nitrogens with zero attached hydrogens (tertiary/aromatic N) is 1. The average molecular weight is 281 g/mol. The van der Waals surface area contributed by atoms with E-state index in [1.165, 1.54) is 23.9 Å². The molecule has 1 fully saturated rings. The minimum Gasteiger partial charge on any atom is -0.399 e. The first-order valence-corrected chi connectivity index (χ1v) is 7.21. The van der Waals surface area contributed by atoms with Gasteiger partial charge in [-0.05, 0) is 24.6 Å². The van der Waals surface area contributed by atoms with Gasteiger partial charge in [-0.15, -0.1) is 0 Å². The van der Waals surface area contributed by atoms with Gasteiger partial charge in [-0.25, -0.2) is 4.39 Å². The maximum absolute atomic E-state index is 14.2. The lowest BCUT2D eigenvalue weighted by Crippen LogP contribution is -2.37. The van der Waals surface area contributed by atoms with Crippen LogP contribution in [0.25, 0.3) is 0 Å². The summed E-state index contributed by atoms with van der Waals surface area (Å²) in [5.74, 6) is 0.508. The van der Waals surface area contributed by atoms with Crippen LogP contribution < -0.4 is 11.5 Å². The zero-order valence-corrected chi connectivity index (χ0v) is 11.2. The highest BCUT2D eigenvalue weighted by Crippen LogP contribution is 2.51. The van der Waals surface area contributed by atoms with Crippen molar-refractivity contribution >= 4 is 22.6 Å². The molecule has 0 saturated heterocycles. The Morgan fingerprint density at radius 2 is 2.21 bits per heavy atom. The Hall–Kier alpha value is -1.27. The van der Waals surface area contributed by atoms with Crippen molar-refractivity contribution in [2.45, 2.75) is 24.5 Å². The normalized spacial score (nSPS) is 33.9. The Balaban J connectivity index is 2.17. The summed E-state index contributed by atoms with van der Waals surface area (Å²) in [5, 5.41) is 10.4. The molecule has 0 bridgehead atoms. The third kappa shape index (κ3) is 1.99. The fraction of sp³-hybridized carbons (Fsp3) is 0.462. The molecule has 3 rings (SSSR count). The molecule has 1 heterocycles. The molecule has 0 aromatic heterocycles. The van der Waals surface area contributed by atoms with E-state index in [0.717, 1.165) is 5.75 Å². The molecular weight excluding hydrogens is 265 g/mol. The van der Waals surface area contributed by atoms with Crippen molar-refractivity contribution in [3.05, 3.63) is 29.6 Å². The summed E-state index contributed by atoms with van der Waals surface area (Å²) >= 11 is 1.46. The van der Waals surface area contributed by atoms with E-state index in [-0.39, 0.29) is 11.7 Å². The summed E-state index contributed by atoms with van der Waals surface area (Å²) in [6.45, 7) is 0. The second kappa shape index (κ2) is 4.38. The lowest BCUT2D eigenvalue weighted by Gasteiger charge is -2.35. The van der Waals surface area contributed by atoms with Crippen LogP contribution in [0.1, 0.15) is 18.4 Å². The van der Waals surface area contributed by atoms with E-state index in [2.05, 4.69) is 4.99 Å². The number of aliphatic imine (C=N–C) groups is 1. The molecule has 0 amide bonds. The molecule has 6 heteroatoms. The number of amidine groups is 1. The number of benzene rings is 1. The standard InChI is InChI=1S/C13H16FN3OS/c14-11-2-1-8(15)4-10(11)13-5-9(18)3-7(13)6-19-12(16)17-13/h1-2,4,7,9,18H,3,5-6,15H2,(H2,16,17)/t7?,9-,13-/m1/s1. The number of nitrogens with two attached hydrogens (primary N) is 2. The van der Waals surface area contributed by atoms with Crippen molar-refractivity contribution in [3.63, 3.8) is 0 Å². The minimum absolute atomic E-state index is 0.0936. The molecular formula is C13H16FN3OS. The predicted octanol–water partition coefficient (Wildman–Crippen LogP) is 1.44. The van der Waals surface area contributed by atoms with Crippen LogP contribution in [0.4, 0.5) is 10.1 Å². The van der Waals surface area contributed by atoms with E-state index >= 15 is 0 Å². The monoisotopic (exact) mass is 281 g/mol. The zero-order chi connectivity index (χ0) is 13.6. The molecule has 1 unspecified atom stereocenters. The third-order valence-corrected chi connectivity index (χ3v) is 4.93. The van der Waals surface area contributed by atoms with Crippen LogP contribution in [0.15, 0.2) is 23.2 Å². The molecule has 2 aliphatic rings. The van der Waals surface area contributed by atoms with Gasteiger partial charge in [0.05, 0.1) is 11.6 Å². The summed E-state index contributed by atoms with van der Waals surface area (Å²) in [6.07, 6.45) is 0.554. The third-order valence-electron chi connectivity index (χ3n) is 3.98. The lowest BCUT2D eigenvalue weighted by atomic mass is 9.81. The van der Waals surface area contributed by atoms with E-state index < -0.39 is 11.6 Å². The molecule has 0 radical (unpaired) electrons. The fourth-order valence-corrected chi connectivity index (χ4v) is 4.17. The Labute approximate surface area is 115 Å². The van der Waals surface area contributed by atoms with Crippen LogP contribution in [0.3, 0.4) is 0 Å². The van der Waals surface area contributed by atoms with Gasteiger partial charge in [-0.2, -0.15) is 0 Å².